The molecule has 1 aromatic heterocycles. The maximum absolute atomic E-state index is 4.32. The fraction of sp³-hybridized carbons (Fsp3) is 0.706. The summed E-state index contributed by atoms with van der Waals surface area (Å²) in [6.45, 7) is 9.76. The van der Waals surface area contributed by atoms with Crippen molar-refractivity contribution in [3.8, 4) is 0 Å². The number of nitrogens with zero attached hydrogens (tertiary/aromatic N) is 2. The van der Waals surface area contributed by atoms with Gasteiger partial charge in [0.1, 0.15) is 0 Å². The molecule has 1 aromatic rings. The summed E-state index contributed by atoms with van der Waals surface area (Å²) in [4.78, 5) is 6.91. The van der Waals surface area contributed by atoms with Gasteiger partial charge in [0.25, 0.3) is 0 Å². The van der Waals surface area contributed by atoms with Crippen molar-refractivity contribution in [1.29, 1.82) is 0 Å². The maximum Gasteiger partial charge on any atom is 0.191 e. The van der Waals surface area contributed by atoms with Crippen LogP contribution in [0.4, 0.5) is 0 Å². The third-order valence-electron chi connectivity index (χ3n) is 4.25. The van der Waals surface area contributed by atoms with Crippen LogP contribution in [0.2, 0.25) is 0 Å². The van der Waals surface area contributed by atoms with Crippen molar-refractivity contribution in [2.45, 2.75) is 51.6 Å². The number of rotatable bonds is 8. The average Bonchev–Trinajstić information content (AvgIpc) is 3.18. The molecule has 2 N–H and O–H groups in total. The van der Waals surface area contributed by atoms with E-state index in [-0.39, 0.29) is 24.0 Å². The monoisotopic (exact) mass is 450 g/mol. The summed E-state index contributed by atoms with van der Waals surface area (Å²) < 4.78 is 0. The molecule has 2 rings (SSSR count). The average molecular weight is 450 g/mol. The molecular weight excluding hydrogens is 419 g/mol. The van der Waals surface area contributed by atoms with Gasteiger partial charge in [0, 0.05) is 38.8 Å². The molecule has 132 valence electrons. The lowest BCUT2D eigenvalue weighted by atomic mass is 10.1. The van der Waals surface area contributed by atoms with Gasteiger partial charge in [0.05, 0.1) is 0 Å². The van der Waals surface area contributed by atoms with Crippen LogP contribution in [0.25, 0.3) is 0 Å². The van der Waals surface area contributed by atoms with Crippen molar-refractivity contribution >= 4 is 41.3 Å². The van der Waals surface area contributed by atoms with Crippen LogP contribution in [-0.2, 0) is 0 Å². The van der Waals surface area contributed by atoms with Crippen LogP contribution >= 0.6 is 35.3 Å². The van der Waals surface area contributed by atoms with Crippen LogP contribution in [0.5, 0.6) is 0 Å². The van der Waals surface area contributed by atoms with E-state index in [4.69, 9.17) is 0 Å². The second-order valence-electron chi connectivity index (χ2n) is 6.40. The first kappa shape index (κ1) is 20.7. The van der Waals surface area contributed by atoms with Gasteiger partial charge < -0.3 is 10.6 Å². The van der Waals surface area contributed by atoms with Crippen molar-refractivity contribution < 1.29 is 0 Å². The summed E-state index contributed by atoms with van der Waals surface area (Å²) in [6, 6.07) is 3.64. The van der Waals surface area contributed by atoms with E-state index >= 15 is 0 Å². The molecule has 1 aliphatic carbocycles. The number of guanidine groups is 1. The highest BCUT2D eigenvalue weighted by Gasteiger charge is 2.30. The number of aliphatic imine (C=N–C) groups is 1. The maximum atomic E-state index is 4.32. The van der Waals surface area contributed by atoms with E-state index in [9.17, 15) is 0 Å². The van der Waals surface area contributed by atoms with E-state index < -0.39 is 0 Å². The number of hydrogen-bond donors (Lipinski definition) is 2. The third-order valence-corrected chi connectivity index (χ3v) is 4.95. The van der Waals surface area contributed by atoms with Crippen molar-refractivity contribution in [1.82, 2.24) is 15.5 Å². The molecule has 1 saturated carbocycles. The van der Waals surface area contributed by atoms with E-state index in [1.165, 1.54) is 18.4 Å². The Morgan fingerprint density at radius 1 is 1.35 bits per heavy atom. The van der Waals surface area contributed by atoms with Crippen LogP contribution in [0.1, 0.15) is 45.1 Å². The minimum atomic E-state index is 0. The standard InChI is InChI=1S/C17H30N4S.HI/c1-13(2)21(16-5-6-16)9-8-19-17(18-4)20-11-14(3)15-7-10-22-12-15;/h7,10,12-14,16H,5-6,8-9,11H2,1-4H3,(H2,18,19,20);1H. The molecule has 1 fully saturated rings. The van der Waals surface area contributed by atoms with E-state index in [2.05, 4.69) is 58.1 Å². The van der Waals surface area contributed by atoms with Gasteiger partial charge in [-0.15, -0.1) is 24.0 Å². The van der Waals surface area contributed by atoms with Gasteiger partial charge in [0.15, 0.2) is 5.96 Å². The summed E-state index contributed by atoms with van der Waals surface area (Å²) in [5.74, 6) is 1.41. The van der Waals surface area contributed by atoms with Crippen LogP contribution in [0, 0.1) is 0 Å². The van der Waals surface area contributed by atoms with Crippen molar-refractivity contribution in [3.63, 3.8) is 0 Å². The number of thiophene rings is 1. The van der Waals surface area contributed by atoms with Crippen LogP contribution in [0.15, 0.2) is 21.8 Å². The summed E-state index contributed by atoms with van der Waals surface area (Å²) in [7, 11) is 1.84. The van der Waals surface area contributed by atoms with Crippen molar-refractivity contribution in [2.24, 2.45) is 4.99 Å². The van der Waals surface area contributed by atoms with Gasteiger partial charge in [0.2, 0.25) is 0 Å². The summed E-state index contributed by atoms with van der Waals surface area (Å²) in [6.07, 6.45) is 2.73. The molecule has 1 heterocycles. The van der Waals surface area contributed by atoms with Crippen molar-refractivity contribution in [2.75, 3.05) is 26.7 Å². The van der Waals surface area contributed by atoms with E-state index in [1.807, 2.05) is 7.05 Å². The molecule has 4 nitrogen and oxygen atoms in total. The van der Waals surface area contributed by atoms with Gasteiger partial charge in [-0.25, -0.2) is 0 Å². The van der Waals surface area contributed by atoms with Crippen LogP contribution < -0.4 is 10.6 Å². The first-order valence-corrected chi connectivity index (χ1v) is 9.28. The zero-order valence-corrected chi connectivity index (χ0v) is 17.9. The molecular formula is C17H31IN4S. The lowest BCUT2D eigenvalue weighted by Crippen LogP contribution is -2.44. The van der Waals surface area contributed by atoms with E-state index in [1.54, 1.807) is 11.3 Å². The topological polar surface area (TPSA) is 39.7 Å². The summed E-state index contributed by atoms with van der Waals surface area (Å²) in [5, 5.41) is 11.2. The highest BCUT2D eigenvalue weighted by Crippen LogP contribution is 2.27. The molecule has 1 unspecified atom stereocenters. The Morgan fingerprint density at radius 2 is 2.09 bits per heavy atom. The van der Waals surface area contributed by atoms with Gasteiger partial charge >= 0.3 is 0 Å². The Hall–Kier alpha value is -0.340. The van der Waals surface area contributed by atoms with Crippen molar-refractivity contribution in [3.05, 3.63) is 22.4 Å². The SMILES string of the molecule is CN=C(NCCN(C(C)C)C1CC1)NCC(C)c1ccsc1.I. The van der Waals surface area contributed by atoms with E-state index in [0.717, 1.165) is 31.6 Å². The lowest BCUT2D eigenvalue weighted by molar-refractivity contribution is 0.215. The molecule has 0 aliphatic heterocycles. The van der Waals surface area contributed by atoms with Crippen LogP contribution in [-0.4, -0.2) is 49.6 Å². The molecule has 1 aliphatic rings. The second-order valence-corrected chi connectivity index (χ2v) is 7.18. The molecule has 23 heavy (non-hydrogen) atoms. The molecule has 0 bridgehead atoms. The van der Waals surface area contributed by atoms with Crippen LogP contribution in [0.3, 0.4) is 0 Å². The molecule has 0 amide bonds. The smallest absolute Gasteiger partial charge is 0.191 e. The summed E-state index contributed by atoms with van der Waals surface area (Å²) in [5.41, 5.74) is 1.40. The Bertz CT molecular complexity index is 455. The summed E-state index contributed by atoms with van der Waals surface area (Å²) >= 11 is 1.76. The number of halogens is 1. The molecule has 0 radical (unpaired) electrons. The van der Waals surface area contributed by atoms with Gasteiger partial charge in [-0.05, 0) is 55.0 Å². The Balaban J connectivity index is 0.00000264. The molecule has 1 atom stereocenters. The molecule has 0 spiro atoms. The minimum absolute atomic E-state index is 0. The lowest BCUT2D eigenvalue weighted by Gasteiger charge is -2.26. The third kappa shape index (κ3) is 6.97. The number of hydrogen-bond acceptors (Lipinski definition) is 3. The Morgan fingerprint density at radius 3 is 2.61 bits per heavy atom. The highest BCUT2D eigenvalue weighted by atomic mass is 127. The highest BCUT2D eigenvalue weighted by molar-refractivity contribution is 14.0. The predicted molar refractivity (Wildman–Crippen MR) is 112 cm³/mol. The zero-order chi connectivity index (χ0) is 15.9. The quantitative estimate of drug-likeness (QED) is 0.362. The predicted octanol–water partition coefficient (Wildman–Crippen LogP) is 3.51. The van der Waals surface area contributed by atoms with Gasteiger partial charge in [-0.1, -0.05) is 6.92 Å². The number of nitrogens with one attached hydrogen (secondary N) is 2. The minimum Gasteiger partial charge on any atom is -0.356 e. The fourth-order valence-corrected chi connectivity index (χ4v) is 3.50. The van der Waals surface area contributed by atoms with E-state index in [0.29, 0.717) is 12.0 Å². The Labute approximate surface area is 162 Å². The molecule has 0 aromatic carbocycles. The van der Waals surface area contributed by atoms with Gasteiger partial charge in [-0.2, -0.15) is 11.3 Å². The Kier molecular flexibility index (Phi) is 9.46. The molecule has 0 saturated heterocycles. The fourth-order valence-electron chi connectivity index (χ4n) is 2.72. The normalized spacial score (nSPS) is 16.3. The molecule has 6 heteroatoms. The first-order chi connectivity index (χ1) is 10.6. The first-order valence-electron chi connectivity index (χ1n) is 8.34. The second kappa shape index (κ2) is 10.5. The van der Waals surface area contributed by atoms with Gasteiger partial charge in [-0.3, -0.25) is 9.89 Å². The largest absolute Gasteiger partial charge is 0.356 e. The zero-order valence-electron chi connectivity index (χ0n) is 14.7.